The number of H-pyrrole nitrogens is 1. The van der Waals surface area contributed by atoms with Crippen LogP contribution >= 0.6 is 11.6 Å². The van der Waals surface area contributed by atoms with Crippen molar-refractivity contribution in [2.45, 2.75) is 20.3 Å². The second-order valence-electron chi connectivity index (χ2n) is 7.86. The lowest BCUT2D eigenvalue weighted by Crippen LogP contribution is -2.49. The van der Waals surface area contributed by atoms with Gasteiger partial charge in [0.25, 0.3) is 5.56 Å². The Hall–Kier alpha value is -3.12. The van der Waals surface area contributed by atoms with Crippen LogP contribution in [0.3, 0.4) is 0 Å². The molecule has 0 radical (unpaired) electrons. The molecule has 1 aromatic heterocycles. The van der Waals surface area contributed by atoms with Crippen molar-refractivity contribution in [3.05, 3.63) is 80.7 Å². The number of nitrogens with zero attached hydrogens (tertiary/aromatic N) is 3. The van der Waals surface area contributed by atoms with Gasteiger partial charge < -0.3 is 14.8 Å². The van der Waals surface area contributed by atoms with Gasteiger partial charge in [-0.05, 0) is 55.3 Å². The molecule has 0 aliphatic carbocycles. The van der Waals surface area contributed by atoms with E-state index in [9.17, 15) is 9.59 Å². The fourth-order valence-electron chi connectivity index (χ4n) is 3.85. The highest BCUT2D eigenvalue weighted by Crippen LogP contribution is 2.24. The summed E-state index contributed by atoms with van der Waals surface area (Å²) in [5.41, 5.74) is 4.62. The van der Waals surface area contributed by atoms with Crippen LogP contribution in [0.4, 0.5) is 5.69 Å². The molecule has 0 spiro atoms. The molecule has 0 bridgehead atoms. The van der Waals surface area contributed by atoms with E-state index in [1.165, 1.54) is 23.0 Å². The van der Waals surface area contributed by atoms with Crippen molar-refractivity contribution < 1.29 is 4.79 Å². The van der Waals surface area contributed by atoms with E-state index in [4.69, 9.17) is 11.6 Å². The van der Waals surface area contributed by atoms with Crippen molar-refractivity contribution in [2.75, 3.05) is 31.1 Å². The number of piperazine rings is 1. The number of halogens is 1. The maximum Gasteiger partial charge on any atom is 0.254 e. The first-order chi connectivity index (χ1) is 14.9. The first-order valence-electron chi connectivity index (χ1n) is 10.4. The number of benzene rings is 2. The van der Waals surface area contributed by atoms with Crippen LogP contribution in [-0.2, 0) is 11.2 Å². The number of nitrogens with one attached hydrogen (secondary N) is 1. The van der Waals surface area contributed by atoms with Gasteiger partial charge in [-0.1, -0.05) is 23.7 Å². The SMILES string of the molecule is Cc1cccc(N2CCN(C(=O)Cc3cnc(-c4ccc(Cl)cc4)[nH]c3=O)CC2)c1C. The van der Waals surface area contributed by atoms with E-state index in [0.717, 1.165) is 18.7 Å². The van der Waals surface area contributed by atoms with Crippen LogP contribution < -0.4 is 10.5 Å². The van der Waals surface area contributed by atoms with Gasteiger partial charge in [-0.15, -0.1) is 0 Å². The summed E-state index contributed by atoms with van der Waals surface area (Å²) in [5.74, 6) is 0.409. The summed E-state index contributed by atoms with van der Waals surface area (Å²) in [5, 5.41) is 0.617. The molecule has 1 aliphatic heterocycles. The molecule has 1 saturated heterocycles. The summed E-state index contributed by atoms with van der Waals surface area (Å²) in [6.07, 6.45) is 1.54. The van der Waals surface area contributed by atoms with Crippen LogP contribution in [0, 0.1) is 13.8 Å². The van der Waals surface area contributed by atoms with Gasteiger partial charge in [0.15, 0.2) is 0 Å². The molecule has 4 rings (SSSR count). The number of anilines is 1. The van der Waals surface area contributed by atoms with Crippen LogP contribution in [0.1, 0.15) is 16.7 Å². The molecule has 160 valence electrons. The smallest absolute Gasteiger partial charge is 0.254 e. The van der Waals surface area contributed by atoms with Crippen molar-refractivity contribution >= 4 is 23.2 Å². The first kappa shape index (κ1) is 21.1. The van der Waals surface area contributed by atoms with E-state index < -0.39 is 0 Å². The molecule has 2 heterocycles. The number of aromatic amines is 1. The summed E-state index contributed by atoms with van der Waals surface area (Å²) >= 11 is 5.91. The zero-order valence-corrected chi connectivity index (χ0v) is 18.4. The number of hydrogen-bond acceptors (Lipinski definition) is 4. The third-order valence-electron chi connectivity index (χ3n) is 5.88. The highest BCUT2D eigenvalue weighted by atomic mass is 35.5. The fraction of sp³-hybridized carbons (Fsp3) is 0.292. The summed E-state index contributed by atoms with van der Waals surface area (Å²) in [6, 6.07) is 13.4. The van der Waals surface area contributed by atoms with E-state index in [0.29, 0.717) is 29.5 Å². The molecule has 1 amide bonds. The molecule has 0 saturated carbocycles. The Bertz CT molecular complexity index is 1150. The molecule has 0 atom stereocenters. The average molecular weight is 437 g/mol. The van der Waals surface area contributed by atoms with Gasteiger partial charge in [-0.2, -0.15) is 0 Å². The third-order valence-corrected chi connectivity index (χ3v) is 6.13. The zero-order chi connectivity index (χ0) is 22.0. The predicted molar refractivity (Wildman–Crippen MR) is 124 cm³/mol. The van der Waals surface area contributed by atoms with Crippen LogP contribution in [0.5, 0.6) is 0 Å². The normalized spacial score (nSPS) is 14.0. The molecule has 1 aliphatic rings. The Morgan fingerprint density at radius 3 is 2.45 bits per heavy atom. The Morgan fingerprint density at radius 2 is 1.77 bits per heavy atom. The lowest BCUT2D eigenvalue weighted by Gasteiger charge is -2.37. The standard InChI is InChI=1S/C24H25ClN4O2/c1-16-4-3-5-21(17(16)2)28-10-12-29(13-11-28)22(30)14-19-15-26-23(27-24(19)31)18-6-8-20(25)9-7-18/h3-9,15H,10-14H2,1-2H3,(H,26,27,31). The molecule has 1 N–H and O–H groups in total. The van der Waals surface area contributed by atoms with Gasteiger partial charge >= 0.3 is 0 Å². The lowest BCUT2D eigenvalue weighted by atomic mass is 10.1. The summed E-state index contributed by atoms with van der Waals surface area (Å²) in [4.78, 5) is 36.5. The maximum absolute atomic E-state index is 12.8. The predicted octanol–water partition coefficient (Wildman–Crippen LogP) is 3.60. The number of rotatable bonds is 4. The molecule has 7 heteroatoms. The fourth-order valence-corrected chi connectivity index (χ4v) is 3.98. The van der Waals surface area contributed by atoms with Gasteiger partial charge in [0.2, 0.25) is 5.91 Å². The van der Waals surface area contributed by atoms with Gasteiger partial charge in [0, 0.05) is 54.2 Å². The van der Waals surface area contributed by atoms with E-state index in [2.05, 4.69) is 46.9 Å². The Morgan fingerprint density at radius 1 is 1.06 bits per heavy atom. The minimum atomic E-state index is -0.290. The van der Waals surface area contributed by atoms with Crippen LogP contribution in [0.25, 0.3) is 11.4 Å². The second-order valence-corrected chi connectivity index (χ2v) is 8.29. The number of amides is 1. The molecular weight excluding hydrogens is 412 g/mol. The van der Waals surface area contributed by atoms with Crippen molar-refractivity contribution in [2.24, 2.45) is 0 Å². The van der Waals surface area contributed by atoms with E-state index in [1.54, 1.807) is 24.3 Å². The largest absolute Gasteiger partial charge is 0.368 e. The topological polar surface area (TPSA) is 69.3 Å². The number of aromatic nitrogens is 2. The molecule has 0 unspecified atom stereocenters. The van der Waals surface area contributed by atoms with E-state index in [-0.39, 0.29) is 17.9 Å². The Kier molecular flexibility index (Phi) is 6.09. The molecule has 6 nitrogen and oxygen atoms in total. The van der Waals surface area contributed by atoms with Gasteiger partial charge in [0.1, 0.15) is 5.82 Å². The highest BCUT2D eigenvalue weighted by Gasteiger charge is 2.23. The van der Waals surface area contributed by atoms with E-state index >= 15 is 0 Å². The molecule has 31 heavy (non-hydrogen) atoms. The number of aryl methyl sites for hydroxylation is 1. The third kappa shape index (κ3) is 4.64. The van der Waals surface area contributed by atoms with Crippen molar-refractivity contribution in [3.63, 3.8) is 0 Å². The van der Waals surface area contributed by atoms with Crippen molar-refractivity contribution in [1.82, 2.24) is 14.9 Å². The van der Waals surface area contributed by atoms with Crippen molar-refractivity contribution in [1.29, 1.82) is 0 Å². The second kappa shape index (κ2) is 8.94. The number of carbonyl (C=O) groups is 1. The average Bonchev–Trinajstić information content (AvgIpc) is 2.78. The number of hydrogen-bond donors (Lipinski definition) is 1. The summed E-state index contributed by atoms with van der Waals surface area (Å²) in [7, 11) is 0. The quantitative estimate of drug-likeness (QED) is 0.678. The van der Waals surface area contributed by atoms with Gasteiger partial charge in [-0.25, -0.2) is 4.98 Å². The summed E-state index contributed by atoms with van der Waals surface area (Å²) < 4.78 is 0. The van der Waals surface area contributed by atoms with E-state index in [1.807, 2.05) is 4.90 Å². The Labute approximate surface area is 186 Å². The summed E-state index contributed by atoms with van der Waals surface area (Å²) in [6.45, 7) is 7.08. The first-order valence-corrected chi connectivity index (χ1v) is 10.7. The van der Waals surface area contributed by atoms with Crippen LogP contribution in [-0.4, -0.2) is 47.0 Å². The van der Waals surface area contributed by atoms with Crippen molar-refractivity contribution in [3.8, 4) is 11.4 Å². The highest BCUT2D eigenvalue weighted by molar-refractivity contribution is 6.30. The Balaban J connectivity index is 1.39. The molecule has 3 aromatic rings. The monoisotopic (exact) mass is 436 g/mol. The maximum atomic E-state index is 12.8. The molecule has 2 aromatic carbocycles. The zero-order valence-electron chi connectivity index (χ0n) is 17.7. The van der Waals surface area contributed by atoms with Crippen LogP contribution in [0.15, 0.2) is 53.5 Å². The molecule has 1 fully saturated rings. The molecular formula is C24H25ClN4O2. The number of carbonyl (C=O) groups excluding carboxylic acids is 1. The van der Waals surface area contributed by atoms with Crippen LogP contribution in [0.2, 0.25) is 5.02 Å². The minimum Gasteiger partial charge on any atom is -0.368 e. The lowest BCUT2D eigenvalue weighted by molar-refractivity contribution is -0.130. The minimum absolute atomic E-state index is 0.0483. The van der Waals surface area contributed by atoms with Gasteiger partial charge in [-0.3, -0.25) is 9.59 Å². The van der Waals surface area contributed by atoms with Gasteiger partial charge in [0.05, 0.1) is 6.42 Å².